The van der Waals surface area contributed by atoms with E-state index < -0.39 is 0 Å². The zero-order chi connectivity index (χ0) is 24.7. The van der Waals surface area contributed by atoms with Crippen LogP contribution in [0.1, 0.15) is 49.0 Å². The molecule has 0 saturated heterocycles. The molecular weight excluding hydrogens is 452 g/mol. The molecule has 186 valence electrons. The Bertz CT molecular complexity index is 952. The van der Waals surface area contributed by atoms with E-state index in [1.807, 2.05) is 18.5 Å². The van der Waals surface area contributed by atoms with Crippen LogP contribution in [-0.2, 0) is 16.1 Å². The summed E-state index contributed by atoms with van der Waals surface area (Å²) in [6, 6.07) is 5.30. The number of fused-ring (bicyclic) bond motifs is 1. The Kier molecular flexibility index (Phi) is 9.44. The van der Waals surface area contributed by atoms with Crippen molar-refractivity contribution in [2.75, 3.05) is 39.2 Å². The van der Waals surface area contributed by atoms with Crippen LogP contribution in [0.2, 0.25) is 0 Å². The number of carbonyl (C=O) groups excluding carboxylic acids is 2. The molecule has 1 aliphatic heterocycles. The SMILES string of the molecule is CCCC(=O)Nc1ccc2c(c1)OC[C@H](C)N(Cc1nccs1)C[C@H](C)[C@@H](OC)CN(C)C2=O. The predicted octanol–water partition coefficient (Wildman–Crippen LogP) is 3.89. The number of rotatable bonds is 6. The molecule has 2 aromatic rings. The van der Waals surface area contributed by atoms with E-state index >= 15 is 0 Å². The topological polar surface area (TPSA) is 84.0 Å². The summed E-state index contributed by atoms with van der Waals surface area (Å²) in [6.07, 6.45) is 2.92. The highest BCUT2D eigenvalue weighted by atomic mass is 32.1. The molecule has 0 spiro atoms. The highest BCUT2D eigenvalue weighted by molar-refractivity contribution is 7.09. The number of likely N-dealkylation sites (N-methyl/N-ethyl adjacent to an activating group) is 1. The molecule has 2 heterocycles. The average Bonchev–Trinajstić information content (AvgIpc) is 3.32. The first kappa shape index (κ1) is 26.1. The van der Waals surface area contributed by atoms with Crippen molar-refractivity contribution in [3.8, 4) is 5.75 Å². The number of ether oxygens (including phenoxy) is 2. The maximum Gasteiger partial charge on any atom is 0.257 e. The zero-order valence-corrected chi connectivity index (χ0v) is 21.6. The number of amides is 2. The number of carbonyl (C=O) groups is 2. The summed E-state index contributed by atoms with van der Waals surface area (Å²) in [5, 5.41) is 5.93. The fraction of sp³-hybridized carbons (Fsp3) is 0.560. The molecule has 9 heteroatoms. The lowest BCUT2D eigenvalue weighted by molar-refractivity contribution is -0.116. The van der Waals surface area contributed by atoms with Crippen molar-refractivity contribution >= 4 is 28.8 Å². The quantitative estimate of drug-likeness (QED) is 0.664. The highest BCUT2D eigenvalue weighted by Gasteiger charge is 2.28. The first-order valence-corrected chi connectivity index (χ1v) is 12.7. The van der Waals surface area contributed by atoms with E-state index in [0.717, 1.165) is 24.5 Å². The Morgan fingerprint density at radius 3 is 2.79 bits per heavy atom. The molecule has 0 radical (unpaired) electrons. The summed E-state index contributed by atoms with van der Waals surface area (Å²) in [7, 11) is 3.48. The molecule has 8 nitrogen and oxygen atoms in total. The summed E-state index contributed by atoms with van der Waals surface area (Å²) in [4.78, 5) is 33.9. The molecule has 0 fully saturated rings. The van der Waals surface area contributed by atoms with Gasteiger partial charge in [-0.1, -0.05) is 13.8 Å². The van der Waals surface area contributed by atoms with Gasteiger partial charge in [-0.05, 0) is 31.4 Å². The third kappa shape index (κ3) is 6.77. The van der Waals surface area contributed by atoms with Crippen molar-refractivity contribution in [3.05, 3.63) is 40.3 Å². The number of hydrogen-bond donors (Lipinski definition) is 1. The number of aromatic nitrogens is 1. The van der Waals surface area contributed by atoms with E-state index in [1.54, 1.807) is 48.6 Å². The van der Waals surface area contributed by atoms with Gasteiger partial charge in [0, 0.05) is 63.0 Å². The number of nitrogens with one attached hydrogen (secondary N) is 1. The Labute approximate surface area is 206 Å². The van der Waals surface area contributed by atoms with Crippen molar-refractivity contribution in [2.45, 2.75) is 52.3 Å². The Hall–Kier alpha value is -2.49. The van der Waals surface area contributed by atoms with Crippen LogP contribution < -0.4 is 10.1 Å². The number of hydrogen-bond acceptors (Lipinski definition) is 7. The van der Waals surface area contributed by atoms with Gasteiger partial charge in [-0.2, -0.15) is 0 Å². The molecular formula is C25H36N4O4S. The van der Waals surface area contributed by atoms with Gasteiger partial charge in [0.05, 0.1) is 18.2 Å². The van der Waals surface area contributed by atoms with E-state index in [4.69, 9.17) is 9.47 Å². The van der Waals surface area contributed by atoms with Gasteiger partial charge in [0.1, 0.15) is 17.4 Å². The molecule has 1 aromatic heterocycles. The molecule has 34 heavy (non-hydrogen) atoms. The summed E-state index contributed by atoms with van der Waals surface area (Å²) < 4.78 is 12.0. The molecule has 1 aromatic carbocycles. The van der Waals surface area contributed by atoms with Gasteiger partial charge in [-0.15, -0.1) is 11.3 Å². The van der Waals surface area contributed by atoms with Crippen LogP contribution in [0.5, 0.6) is 5.75 Å². The lowest BCUT2D eigenvalue weighted by Gasteiger charge is -2.35. The molecule has 0 unspecified atom stereocenters. The van der Waals surface area contributed by atoms with Crippen molar-refractivity contribution < 1.29 is 19.1 Å². The van der Waals surface area contributed by atoms with E-state index in [2.05, 4.69) is 29.0 Å². The first-order chi connectivity index (χ1) is 16.3. The maximum atomic E-state index is 13.3. The van der Waals surface area contributed by atoms with Crippen molar-refractivity contribution in [1.29, 1.82) is 0 Å². The van der Waals surface area contributed by atoms with Crippen molar-refractivity contribution in [2.24, 2.45) is 5.92 Å². The van der Waals surface area contributed by atoms with Crippen LogP contribution in [0.25, 0.3) is 0 Å². The molecule has 0 saturated carbocycles. The van der Waals surface area contributed by atoms with Gasteiger partial charge in [-0.25, -0.2) is 4.98 Å². The van der Waals surface area contributed by atoms with Crippen molar-refractivity contribution in [1.82, 2.24) is 14.8 Å². The van der Waals surface area contributed by atoms with Crippen LogP contribution in [0, 0.1) is 5.92 Å². The number of benzene rings is 1. The van der Waals surface area contributed by atoms with E-state index in [9.17, 15) is 9.59 Å². The first-order valence-electron chi connectivity index (χ1n) is 11.8. The number of thiazole rings is 1. The second-order valence-electron chi connectivity index (χ2n) is 8.96. The van der Waals surface area contributed by atoms with Crippen LogP contribution in [0.15, 0.2) is 29.8 Å². The molecule has 3 rings (SSSR count). The van der Waals surface area contributed by atoms with E-state index in [1.165, 1.54) is 0 Å². The lowest BCUT2D eigenvalue weighted by atomic mass is 10.0. The van der Waals surface area contributed by atoms with E-state index in [0.29, 0.717) is 36.6 Å². The largest absolute Gasteiger partial charge is 0.491 e. The third-order valence-corrected chi connectivity index (χ3v) is 6.92. The summed E-state index contributed by atoms with van der Waals surface area (Å²) in [5.74, 6) is 0.468. The van der Waals surface area contributed by atoms with Gasteiger partial charge in [0.15, 0.2) is 0 Å². The summed E-state index contributed by atoms with van der Waals surface area (Å²) in [6.45, 7) is 8.59. The maximum absolute atomic E-state index is 13.3. The monoisotopic (exact) mass is 488 g/mol. The lowest BCUT2D eigenvalue weighted by Crippen LogP contribution is -2.46. The minimum absolute atomic E-state index is 0.0565. The summed E-state index contributed by atoms with van der Waals surface area (Å²) in [5.41, 5.74) is 1.09. The molecule has 1 N–H and O–H groups in total. The smallest absolute Gasteiger partial charge is 0.257 e. The standard InChI is InChI=1S/C25H36N4O4S/c1-6-7-23(30)27-19-8-9-20-21(12-19)33-16-18(3)29(15-24-26-10-11-34-24)13-17(2)22(32-5)14-28(4)25(20)31/h8-12,17-18,22H,6-7,13-16H2,1-5H3,(H,27,30)/t17-,18-,22-/m0/s1. The zero-order valence-electron chi connectivity index (χ0n) is 20.7. The number of methoxy groups -OCH3 is 1. The van der Waals surface area contributed by atoms with Gasteiger partial charge < -0.3 is 19.7 Å². The molecule has 2 amide bonds. The minimum atomic E-state index is -0.136. The Morgan fingerprint density at radius 2 is 2.12 bits per heavy atom. The number of nitrogens with zero attached hydrogens (tertiary/aromatic N) is 3. The molecule has 1 aliphatic rings. The van der Waals surface area contributed by atoms with Crippen LogP contribution in [-0.4, -0.2) is 72.6 Å². The molecule has 3 atom stereocenters. The predicted molar refractivity (Wildman–Crippen MR) is 134 cm³/mol. The Balaban J connectivity index is 1.92. The fourth-order valence-corrected chi connectivity index (χ4v) is 4.74. The van der Waals surface area contributed by atoms with E-state index in [-0.39, 0.29) is 29.9 Å². The normalized spacial score (nSPS) is 22.3. The highest BCUT2D eigenvalue weighted by Crippen LogP contribution is 2.27. The Morgan fingerprint density at radius 1 is 1.32 bits per heavy atom. The van der Waals surface area contributed by atoms with Gasteiger partial charge >= 0.3 is 0 Å². The minimum Gasteiger partial charge on any atom is -0.491 e. The second kappa shape index (κ2) is 12.3. The van der Waals surface area contributed by atoms with Crippen LogP contribution in [0.3, 0.4) is 0 Å². The second-order valence-corrected chi connectivity index (χ2v) is 9.94. The van der Waals surface area contributed by atoms with Crippen molar-refractivity contribution in [3.63, 3.8) is 0 Å². The summed E-state index contributed by atoms with van der Waals surface area (Å²) >= 11 is 1.64. The van der Waals surface area contributed by atoms with Crippen LogP contribution >= 0.6 is 11.3 Å². The third-order valence-electron chi connectivity index (χ3n) is 6.16. The fourth-order valence-electron chi connectivity index (χ4n) is 4.10. The molecule has 0 aliphatic carbocycles. The average molecular weight is 489 g/mol. The van der Waals surface area contributed by atoms with Crippen LogP contribution in [0.4, 0.5) is 5.69 Å². The van der Waals surface area contributed by atoms with Gasteiger partial charge in [0.25, 0.3) is 5.91 Å². The molecule has 0 bridgehead atoms. The van der Waals surface area contributed by atoms with Gasteiger partial charge in [0.2, 0.25) is 5.91 Å². The van der Waals surface area contributed by atoms with Gasteiger partial charge in [-0.3, -0.25) is 14.5 Å². The number of anilines is 1.